The zero-order valence-electron chi connectivity index (χ0n) is 10.3. The summed E-state index contributed by atoms with van der Waals surface area (Å²) in [4.78, 5) is 2.90. The first-order chi connectivity index (χ1) is 8.02. The molecule has 0 amide bonds. The third-order valence-corrected chi connectivity index (χ3v) is 3.57. The summed E-state index contributed by atoms with van der Waals surface area (Å²) in [6.07, 6.45) is 1.85. The molecule has 0 heterocycles. The molecular formula is C13H19BrN2S. The predicted molar refractivity (Wildman–Crippen MR) is 81.1 cm³/mol. The predicted octanol–water partition coefficient (Wildman–Crippen LogP) is 3.34. The maximum absolute atomic E-state index is 5.62. The van der Waals surface area contributed by atoms with Gasteiger partial charge in [-0.2, -0.15) is 0 Å². The summed E-state index contributed by atoms with van der Waals surface area (Å²) in [6.45, 7) is 3.09. The molecule has 0 spiro atoms. The molecule has 0 aliphatic carbocycles. The Bertz CT molecular complexity index is 364. The van der Waals surface area contributed by atoms with E-state index in [9.17, 15) is 0 Å². The Balaban J connectivity index is 2.60. The third-order valence-electron chi connectivity index (χ3n) is 2.88. The monoisotopic (exact) mass is 314 g/mol. The summed E-state index contributed by atoms with van der Waals surface area (Å²) in [5.74, 6) is 0. The lowest BCUT2D eigenvalue weighted by molar-refractivity contribution is 0.233. The van der Waals surface area contributed by atoms with Gasteiger partial charge in [-0.3, -0.25) is 4.90 Å². The Kier molecular flexibility index (Phi) is 6.09. The molecule has 0 saturated heterocycles. The summed E-state index contributed by atoms with van der Waals surface area (Å²) < 4.78 is 1.11. The lowest BCUT2D eigenvalue weighted by Crippen LogP contribution is -2.34. The Labute approximate surface area is 117 Å². The minimum Gasteiger partial charge on any atom is -0.393 e. The number of hydrogen-bond acceptors (Lipinski definition) is 2. The zero-order valence-corrected chi connectivity index (χ0v) is 12.7. The van der Waals surface area contributed by atoms with Crippen LogP contribution in [0.25, 0.3) is 0 Å². The molecule has 2 nitrogen and oxygen atoms in total. The van der Waals surface area contributed by atoms with Gasteiger partial charge < -0.3 is 5.73 Å². The Morgan fingerprint density at radius 3 is 2.47 bits per heavy atom. The van der Waals surface area contributed by atoms with Crippen LogP contribution in [0.4, 0.5) is 0 Å². The number of halogens is 1. The van der Waals surface area contributed by atoms with Gasteiger partial charge in [0.15, 0.2) is 0 Å². The molecule has 0 saturated carbocycles. The van der Waals surface area contributed by atoms with Crippen LogP contribution < -0.4 is 5.73 Å². The molecule has 0 fully saturated rings. The highest BCUT2D eigenvalue weighted by molar-refractivity contribution is 9.10. The highest BCUT2D eigenvalue weighted by Crippen LogP contribution is 2.14. The molecule has 0 aliphatic rings. The molecule has 0 bridgehead atoms. The molecule has 4 heteroatoms. The first-order valence-corrected chi connectivity index (χ1v) is 6.96. The van der Waals surface area contributed by atoms with Crippen LogP contribution in [0.5, 0.6) is 0 Å². The number of nitrogens with two attached hydrogens (primary N) is 1. The largest absolute Gasteiger partial charge is 0.393 e. The minimum atomic E-state index is 0.427. The van der Waals surface area contributed by atoms with Gasteiger partial charge in [-0.05, 0) is 31.2 Å². The van der Waals surface area contributed by atoms with Crippen molar-refractivity contribution in [2.24, 2.45) is 5.73 Å². The quantitative estimate of drug-likeness (QED) is 0.817. The Morgan fingerprint density at radius 1 is 1.41 bits per heavy atom. The molecule has 1 unspecified atom stereocenters. The zero-order chi connectivity index (χ0) is 12.8. The molecule has 1 aromatic carbocycles. The van der Waals surface area contributed by atoms with E-state index in [1.807, 2.05) is 0 Å². The van der Waals surface area contributed by atoms with Crippen molar-refractivity contribution in [2.75, 3.05) is 7.05 Å². The number of hydrogen-bond donors (Lipinski definition) is 1. The van der Waals surface area contributed by atoms with Crippen LogP contribution in [-0.2, 0) is 6.54 Å². The molecule has 1 rings (SSSR count). The van der Waals surface area contributed by atoms with Crippen LogP contribution in [0.2, 0.25) is 0 Å². The van der Waals surface area contributed by atoms with Crippen molar-refractivity contribution in [1.82, 2.24) is 4.90 Å². The third kappa shape index (κ3) is 5.15. The van der Waals surface area contributed by atoms with Gasteiger partial charge in [0, 0.05) is 23.5 Å². The molecule has 0 radical (unpaired) electrons. The topological polar surface area (TPSA) is 29.3 Å². The van der Waals surface area contributed by atoms with E-state index in [4.69, 9.17) is 18.0 Å². The fraction of sp³-hybridized carbons (Fsp3) is 0.462. The SMILES string of the molecule is CCC(CC(N)=S)N(C)Cc1ccc(Br)cc1. The summed E-state index contributed by atoms with van der Waals surface area (Å²) >= 11 is 8.42. The molecule has 1 aromatic rings. The molecular weight excluding hydrogens is 296 g/mol. The van der Waals surface area contributed by atoms with Crippen LogP contribution in [0, 0.1) is 0 Å². The normalized spacial score (nSPS) is 12.7. The Morgan fingerprint density at radius 2 is 2.00 bits per heavy atom. The van der Waals surface area contributed by atoms with Crippen molar-refractivity contribution in [3.63, 3.8) is 0 Å². The van der Waals surface area contributed by atoms with E-state index in [2.05, 4.69) is 59.1 Å². The fourth-order valence-corrected chi connectivity index (χ4v) is 2.31. The number of rotatable bonds is 6. The lowest BCUT2D eigenvalue weighted by atomic mass is 10.1. The van der Waals surface area contributed by atoms with E-state index < -0.39 is 0 Å². The van der Waals surface area contributed by atoms with E-state index in [0.29, 0.717) is 11.0 Å². The maximum Gasteiger partial charge on any atom is 0.0743 e. The summed E-state index contributed by atoms with van der Waals surface area (Å²) in [6, 6.07) is 8.83. The first-order valence-electron chi connectivity index (χ1n) is 5.76. The van der Waals surface area contributed by atoms with Crippen LogP contribution in [-0.4, -0.2) is 23.0 Å². The van der Waals surface area contributed by atoms with Gasteiger partial charge in [0.05, 0.1) is 4.99 Å². The number of benzene rings is 1. The van der Waals surface area contributed by atoms with Crippen LogP contribution in [0.15, 0.2) is 28.7 Å². The van der Waals surface area contributed by atoms with E-state index in [1.54, 1.807) is 0 Å². The van der Waals surface area contributed by atoms with Crippen molar-refractivity contribution >= 4 is 33.1 Å². The van der Waals surface area contributed by atoms with Crippen LogP contribution in [0.3, 0.4) is 0 Å². The van der Waals surface area contributed by atoms with Crippen molar-refractivity contribution < 1.29 is 0 Å². The molecule has 17 heavy (non-hydrogen) atoms. The second-order valence-corrected chi connectivity index (χ2v) is 5.71. The molecule has 1 atom stereocenters. The summed E-state index contributed by atoms with van der Waals surface area (Å²) in [5, 5.41) is 0. The highest BCUT2D eigenvalue weighted by atomic mass is 79.9. The number of nitrogens with zero attached hydrogens (tertiary/aromatic N) is 1. The second kappa shape index (κ2) is 7.09. The van der Waals surface area contributed by atoms with Gasteiger partial charge in [-0.1, -0.05) is 47.2 Å². The second-order valence-electron chi connectivity index (χ2n) is 4.27. The summed E-state index contributed by atoms with van der Waals surface area (Å²) in [7, 11) is 2.12. The van der Waals surface area contributed by atoms with Crippen molar-refractivity contribution in [2.45, 2.75) is 32.4 Å². The van der Waals surface area contributed by atoms with Gasteiger partial charge in [0.25, 0.3) is 0 Å². The van der Waals surface area contributed by atoms with E-state index in [1.165, 1.54) is 5.56 Å². The minimum absolute atomic E-state index is 0.427. The average molecular weight is 315 g/mol. The average Bonchev–Trinajstić information content (AvgIpc) is 2.28. The van der Waals surface area contributed by atoms with Crippen LogP contribution in [0.1, 0.15) is 25.3 Å². The van der Waals surface area contributed by atoms with Gasteiger partial charge in [-0.15, -0.1) is 0 Å². The van der Waals surface area contributed by atoms with Crippen molar-refractivity contribution in [3.8, 4) is 0 Å². The number of thiocarbonyl (C=S) groups is 1. The summed E-state index contributed by atoms with van der Waals surface area (Å²) in [5.41, 5.74) is 6.92. The first kappa shape index (κ1) is 14.6. The van der Waals surface area contributed by atoms with Gasteiger partial charge in [0.1, 0.15) is 0 Å². The fourth-order valence-electron chi connectivity index (χ4n) is 1.85. The van der Waals surface area contributed by atoms with Crippen molar-refractivity contribution in [3.05, 3.63) is 34.3 Å². The maximum atomic E-state index is 5.62. The molecule has 2 N–H and O–H groups in total. The van der Waals surface area contributed by atoms with Crippen LogP contribution >= 0.6 is 28.1 Å². The van der Waals surface area contributed by atoms with Gasteiger partial charge in [-0.25, -0.2) is 0 Å². The molecule has 0 aromatic heterocycles. The van der Waals surface area contributed by atoms with Gasteiger partial charge in [0.2, 0.25) is 0 Å². The smallest absolute Gasteiger partial charge is 0.0743 e. The van der Waals surface area contributed by atoms with E-state index in [0.717, 1.165) is 23.9 Å². The van der Waals surface area contributed by atoms with Gasteiger partial charge >= 0.3 is 0 Å². The molecule has 0 aliphatic heterocycles. The standard InChI is InChI=1S/C13H19BrN2S/c1-3-12(8-13(15)17)16(2)9-10-4-6-11(14)7-5-10/h4-7,12H,3,8-9H2,1-2H3,(H2,15,17). The molecule has 94 valence electrons. The Hall–Kier alpha value is -0.450. The van der Waals surface area contributed by atoms with Crippen molar-refractivity contribution in [1.29, 1.82) is 0 Å². The van der Waals surface area contributed by atoms with E-state index in [-0.39, 0.29) is 0 Å². The van der Waals surface area contributed by atoms with E-state index >= 15 is 0 Å². The lowest BCUT2D eigenvalue weighted by Gasteiger charge is -2.26. The highest BCUT2D eigenvalue weighted by Gasteiger charge is 2.13.